The van der Waals surface area contributed by atoms with Crippen molar-refractivity contribution in [2.45, 2.75) is 23.4 Å². The molecule has 0 radical (unpaired) electrons. The van der Waals surface area contributed by atoms with Crippen LogP contribution in [0.25, 0.3) is 0 Å². The van der Waals surface area contributed by atoms with Crippen molar-refractivity contribution >= 4 is 27.6 Å². The summed E-state index contributed by atoms with van der Waals surface area (Å²) in [5.74, 6) is -0.745. The number of aliphatic carboxylic acids is 1. The Kier molecular flexibility index (Phi) is 7.69. The highest BCUT2D eigenvalue weighted by atomic mass is 33.1. The molecule has 0 unspecified atom stereocenters. The molecule has 4 nitrogen and oxygen atoms in total. The van der Waals surface area contributed by atoms with Crippen LogP contribution in [0.3, 0.4) is 0 Å². The van der Waals surface area contributed by atoms with Crippen molar-refractivity contribution in [1.82, 2.24) is 9.97 Å². The third-order valence-electron chi connectivity index (χ3n) is 1.79. The first kappa shape index (κ1) is 15.5. The minimum absolute atomic E-state index is 0.222. The minimum Gasteiger partial charge on any atom is -0.481 e. The number of hydrogen-bond acceptors (Lipinski definition) is 5. The molecule has 0 aromatic carbocycles. The van der Waals surface area contributed by atoms with Crippen molar-refractivity contribution in [2.75, 3.05) is 0 Å². The van der Waals surface area contributed by atoms with Crippen LogP contribution in [0.5, 0.6) is 0 Å². The van der Waals surface area contributed by atoms with E-state index in [1.165, 1.54) is 0 Å². The summed E-state index contributed by atoms with van der Waals surface area (Å²) in [6.45, 7) is 1.60. The fourth-order valence-electron chi connectivity index (χ4n) is 0.878. The van der Waals surface area contributed by atoms with E-state index in [0.29, 0.717) is 0 Å². The van der Waals surface area contributed by atoms with E-state index >= 15 is 0 Å². The fourth-order valence-corrected chi connectivity index (χ4v) is 2.63. The van der Waals surface area contributed by atoms with E-state index in [-0.39, 0.29) is 6.42 Å². The molecule has 0 bridgehead atoms. The van der Waals surface area contributed by atoms with E-state index in [0.717, 1.165) is 10.1 Å². The molecule has 19 heavy (non-hydrogen) atoms. The van der Waals surface area contributed by atoms with Crippen LogP contribution in [0, 0.1) is 0 Å². The van der Waals surface area contributed by atoms with E-state index in [1.54, 1.807) is 40.9 Å². The van der Waals surface area contributed by atoms with Gasteiger partial charge in [0.15, 0.2) is 0 Å². The molecular weight excluding hydrogens is 280 g/mol. The monoisotopic (exact) mass is 294 g/mol. The first-order chi connectivity index (χ1) is 9.22. The van der Waals surface area contributed by atoms with Crippen molar-refractivity contribution in [2.24, 2.45) is 0 Å². The summed E-state index contributed by atoms with van der Waals surface area (Å²) in [7, 11) is 3.23. The average Bonchev–Trinajstić information content (AvgIpc) is 2.48. The molecule has 0 amide bonds. The largest absolute Gasteiger partial charge is 0.481 e. The molecular formula is C13H14N2O2S2. The minimum atomic E-state index is -0.745. The predicted octanol–water partition coefficient (Wildman–Crippen LogP) is 3.76. The van der Waals surface area contributed by atoms with Gasteiger partial charge in [-0.1, -0.05) is 19.1 Å². The summed E-state index contributed by atoms with van der Waals surface area (Å²) < 4.78 is 0. The third-order valence-corrected chi connectivity index (χ3v) is 3.97. The zero-order chi connectivity index (χ0) is 13.9. The normalized spacial score (nSPS) is 9.32. The maximum absolute atomic E-state index is 9.37. The van der Waals surface area contributed by atoms with Gasteiger partial charge in [-0.15, -0.1) is 0 Å². The molecule has 100 valence electrons. The summed E-state index contributed by atoms with van der Waals surface area (Å²) in [6.07, 6.45) is 3.81. The second-order valence-corrected chi connectivity index (χ2v) is 5.42. The van der Waals surface area contributed by atoms with Gasteiger partial charge in [0.1, 0.15) is 10.1 Å². The van der Waals surface area contributed by atoms with Crippen LogP contribution in [0.15, 0.2) is 58.8 Å². The lowest BCUT2D eigenvalue weighted by Gasteiger charge is -1.97. The standard InChI is InChI=1S/C10H8N2S2.C3H6O2/c1-3-7-11-9(5-1)13-14-10-6-2-4-8-12-10;1-2-3(4)5/h1-8H;2H2,1H3,(H,4,5). The summed E-state index contributed by atoms with van der Waals surface area (Å²) >= 11 is 0. The topological polar surface area (TPSA) is 63.1 Å². The molecule has 6 heteroatoms. The van der Waals surface area contributed by atoms with E-state index in [2.05, 4.69) is 9.97 Å². The highest BCUT2D eigenvalue weighted by molar-refractivity contribution is 8.76. The molecule has 0 aliphatic carbocycles. The van der Waals surface area contributed by atoms with Gasteiger partial charge in [0.2, 0.25) is 0 Å². The summed E-state index contributed by atoms with van der Waals surface area (Å²) in [4.78, 5) is 17.8. The second kappa shape index (κ2) is 9.41. The van der Waals surface area contributed by atoms with Gasteiger partial charge in [0.05, 0.1) is 0 Å². The smallest absolute Gasteiger partial charge is 0.303 e. The number of carboxylic acids is 1. The Bertz CT molecular complexity index is 441. The van der Waals surface area contributed by atoms with Crippen molar-refractivity contribution in [3.63, 3.8) is 0 Å². The van der Waals surface area contributed by atoms with Crippen LogP contribution in [-0.2, 0) is 4.79 Å². The van der Waals surface area contributed by atoms with Crippen LogP contribution in [0.4, 0.5) is 0 Å². The molecule has 0 saturated heterocycles. The predicted molar refractivity (Wildman–Crippen MR) is 78.1 cm³/mol. The Balaban J connectivity index is 0.000000312. The zero-order valence-corrected chi connectivity index (χ0v) is 12.0. The Hall–Kier alpha value is -1.53. The van der Waals surface area contributed by atoms with Crippen LogP contribution in [0.2, 0.25) is 0 Å². The summed E-state index contributed by atoms with van der Waals surface area (Å²) in [6, 6.07) is 11.8. The molecule has 1 N–H and O–H groups in total. The number of pyridine rings is 2. The first-order valence-corrected chi connectivity index (χ1v) is 7.75. The number of rotatable bonds is 4. The summed E-state index contributed by atoms with van der Waals surface area (Å²) in [5.41, 5.74) is 0. The first-order valence-electron chi connectivity index (χ1n) is 5.60. The van der Waals surface area contributed by atoms with E-state index in [4.69, 9.17) is 5.11 Å². The number of carboxylic acid groups (broad SMARTS) is 1. The Labute approximate surface area is 120 Å². The number of nitrogens with zero attached hydrogens (tertiary/aromatic N) is 2. The molecule has 2 aromatic rings. The highest BCUT2D eigenvalue weighted by Crippen LogP contribution is 2.34. The van der Waals surface area contributed by atoms with Crippen LogP contribution < -0.4 is 0 Å². The fraction of sp³-hybridized carbons (Fsp3) is 0.154. The lowest BCUT2D eigenvalue weighted by Crippen LogP contribution is -1.86. The maximum Gasteiger partial charge on any atom is 0.303 e. The molecule has 0 atom stereocenters. The molecule has 2 rings (SSSR count). The lowest BCUT2D eigenvalue weighted by atomic mass is 10.5. The Morgan fingerprint density at radius 3 is 1.74 bits per heavy atom. The Morgan fingerprint density at radius 1 is 1.05 bits per heavy atom. The van der Waals surface area contributed by atoms with Gasteiger partial charge in [-0.25, -0.2) is 9.97 Å². The van der Waals surface area contributed by atoms with Gasteiger partial charge < -0.3 is 5.11 Å². The van der Waals surface area contributed by atoms with Gasteiger partial charge in [-0.05, 0) is 45.9 Å². The van der Waals surface area contributed by atoms with E-state index in [9.17, 15) is 4.79 Å². The van der Waals surface area contributed by atoms with Crippen molar-refractivity contribution in [1.29, 1.82) is 0 Å². The third kappa shape index (κ3) is 7.48. The number of aromatic nitrogens is 2. The van der Waals surface area contributed by atoms with Crippen LogP contribution in [-0.4, -0.2) is 21.0 Å². The molecule has 0 spiro atoms. The van der Waals surface area contributed by atoms with Crippen LogP contribution >= 0.6 is 21.6 Å². The zero-order valence-electron chi connectivity index (χ0n) is 10.4. The molecule has 0 aliphatic rings. The maximum atomic E-state index is 9.37. The summed E-state index contributed by atoms with van der Waals surface area (Å²) in [5, 5.41) is 9.73. The second-order valence-electron chi connectivity index (χ2n) is 3.25. The van der Waals surface area contributed by atoms with Gasteiger partial charge >= 0.3 is 5.97 Å². The van der Waals surface area contributed by atoms with E-state index < -0.39 is 5.97 Å². The SMILES string of the molecule is CCC(=O)O.c1ccc(SSc2ccccn2)nc1. The average molecular weight is 294 g/mol. The van der Waals surface area contributed by atoms with Crippen molar-refractivity contribution < 1.29 is 9.90 Å². The van der Waals surface area contributed by atoms with Gasteiger partial charge in [0, 0.05) is 18.8 Å². The van der Waals surface area contributed by atoms with E-state index in [1.807, 2.05) is 36.4 Å². The van der Waals surface area contributed by atoms with Crippen LogP contribution in [0.1, 0.15) is 13.3 Å². The van der Waals surface area contributed by atoms with Crippen molar-refractivity contribution in [3.05, 3.63) is 48.8 Å². The molecule has 0 aliphatic heterocycles. The molecule has 2 aromatic heterocycles. The lowest BCUT2D eigenvalue weighted by molar-refractivity contribution is -0.136. The molecule has 0 fully saturated rings. The highest BCUT2D eigenvalue weighted by Gasteiger charge is 1.97. The van der Waals surface area contributed by atoms with Crippen molar-refractivity contribution in [3.8, 4) is 0 Å². The van der Waals surface area contributed by atoms with Gasteiger partial charge in [-0.3, -0.25) is 4.79 Å². The van der Waals surface area contributed by atoms with Gasteiger partial charge in [-0.2, -0.15) is 0 Å². The van der Waals surface area contributed by atoms with Gasteiger partial charge in [0.25, 0.3) is 0 Å². The number of hydrogen-bond donors (Lipinski definition) is 1. The molecule has 2 heterocycles. The quantitative estimate of drug-likeness (QED) is 0.866. The Morgan fingerprint density at radius 2 is 1.47 bits per heavy atom. The number of carbonyl (C=O) groups is 1. The molecule has 0 saturated carbocycles.